The molecule has 3 aliphatic rings. The summed E-state index contributed by atoms with van der Waals surface area (Å²) in [4.78, 5) is 13.9. The van der Waals surface area contributed by atoms with Gasteiger partial charge < -0.3 is 28.4 Å². The van der Waals surface area contributed by atoms with Crippen LogP contribution in [0.15, 0.2) is 36.4 Å². The van der Waals surface area contributed by atoms with Crippen molar-refractivity contribution in [2.24, 2.45) is 0 Å². The highest BCUT2D eigenvalue weighted by atomic mass is 16.6. The van der Waals surface area contributed by atoms with Crippen molar-refractivity contribution in [2.45, 2.75) is 31.2 Å². The van der Waals surface area contributed by atoms with Crippen LogP contribution in [0.4, 0.5) is 0 Å². The van der Waals surface area contributed by atoms with Gasteiger partial charge in [0.05, 0.1) is 19.8 Å². The van der Waals surface area contributed by atoms with Gasteiger partial charge in [0.25, 0.3) is 0 Å². The van der Waals surface area contributed by atoms with Crippen LogP contribution in [0.3, 0.4) is 0 Å². The van der Waals surface area contributed by atoms with Crippen LogP contribution in [-0.4, -0.2) is 45.9 Å². The van der Waals surface area contributed by atoms with Gasteiger partial charge in [0, 0.05) is 30.7 Å². The van der Waals surface area contributed by atoms with E-state index in [4.69, 9.17) is 28.4 Å². The summed E-state index contributed by atoms with van der Waals surface area (Å²) in [5.74, 6) is 2.57. The van der Waals surface area contributed by atoms with E-state index in [0.717, 1.165) is 11.1 Å². The minimum absolute atomic E-state index is 0.130. The Labute approximate surface area is 180 Å². The van der Waals surface area contributed by atoms with Crippen LogP contribution >= 0.6 is 0 Å². The molecule has 0 aromatic heterocycles. The van der Waals surface area contributed by atoms with Gasteiger partial charge in [-0.3, -0.25) is 4.79 Å². The Bertz CT molecular complexity index is 1110. The van der Waals surface area contributed by atoms with Gasteiger partial charge in [-0.1, -0.05) is 6.58 Å². The Balaban J connectivity index is 1.66. The van der Waals surface area contributed by atoms with Gasteiger partial charge >= 0.3 is 0 Å². The first-order chi connectivity index (χ1) is 14.9. The van der Waals surface area contributed by atoms with Gasteiger partial charge in [0.15, 0.2) is 23.2 Å². The van der Waals surface area contributed by atoms with E-state index in [1.165, 1.54) is 7.11 Å². The molecule has 0 fully saturated rings. The van der Waals surface area contributed by atoms with Crippen LogP contribution in [0.5, 0.6) is 28.7 Å². The third kappa shape index (κ3) is 2.59. The lowest BCUT2D eigenvalue weighted by Gasteiger charge is -2.45. The molecule has 162 valence electrons. The fourth-order valence-corrected chi connectivity index (χ4v) is 4.67. The second-order valence-electron chi connectivity index (χ2n) is 7.97. The Morgan fingerprint density at radius 3 is 2.52 bits per heavy atom. The molecule has 7 heteroatoms. The molecule has 0 bridgehead atoms. The third-order valence-electron chi connectivity index (χ3n) is 6.32. The zero-order valence-electron chi connectivity index (χ0n) is 17.9. The SMILES string of the molecule is C=C(C)[C@H]1Cc2c(ccc3c2O[C@@H]2COc4cc(OC)c(OC)cc4[C@]2(OC)C3=O)O1. The molecule has 7 nitrogen and oxygen atoms in total. The minimum Gasteiger partial charge on any atom is -0.493 e. The fourth-order valence-electron chi connectivity index (χ4n) is 4.67. The van der Waals surface area contributed by atoms with Gasteiger partial charge in [0.2, 0.25) is 5.78 Å². The summed E-state index contributed by atoms with van der Waals surface area (Å²) in [5.41, 5.74) is 1.46. The number of fused-ring (bicyclic) bond motifs is 6. The largest absolute Gasteiger partial charge is 0.493 e. The predicted octanol–water partition coefficient (Wildman–Crippen LogP) is 3.46. The first-order valence-corrected chi connectivity index (χ1v) is 10.1. The van der Waals surface area contributed by atoms with E-state index in [9.17, 15) is 4.79 Å². The normalized spacial score (nSPS) is 25.1. The minimum atomic E-state index is -1.36. The molecule has 0 saturated heterocycles. The zero-order valence-corrected chi connectivity index (χ0v) is 17.9. The van der Waals surface area contributed by atoms with Crippen molar-refractivity contribution in [3.8, 4) is 28.7 Å². The average molecular weight is 424 g/mol. The van der Waals surface area contributed by atoms with E-state index in [0.29, 0.717) is 46.3 Å². The first-order valence-electron chi connectivity index (χ1n) is 10.1. The van der Waals surface area contributed by atoms with Crippen LogP contribution in [0.2, 0.25) is 0 Å². The maximum atomic E-state index is 13.9. The lowest BCUT2D eigenvalue weighted by molar-refractivity contribution is -0.102. The highest BCUT2D eigenvalue weighted by Gasteiger charge is 2.58. The third-order valence-corrected chi connectivity index (χ3v) is 6.32. The topological polar surface area (TPSA) is 72.5 Å². The molecule has 3 aliphatic heterocycles. The standard InChI is InChI=1S/C24H24O7/c1-12(2)17-8-14-16(30-17)7-6-13-22(14)31-21-11-29-18-10-20(27-4)19(26-3)9-15(18)24(21,28-5)23(13)25/h6-7,9-10,17,21H,1,8,11H2,2-5H3/t17-,21-,24-/m1/s1. The van der Waals surface area contributed by atoms with Crippen molar-refractivity contribution >= 4 is 5.78 Å². The number of carbonyl (C=O) groups excluding carboxylic acids is 1. The Morgan fingerprint density at radius 1 is 1.10 bits per heavy atom. The predicted molar refractivity (Wildman–Crippen MR) is 112 cm³/mol. The number of hydrogen-bond donors (Lipinski definition) is 0. The number of carbonyl (C=O) groups is 1. The number of rotatable bonds is 4. The van der Waals surface area contributed by atoms with Crippen LogP contribution in [0.1, 0.15) is 28.4 Å². The highest BCUT2D eigenvalue weighted by molar-refractivity contribution is 6.08. The van der Waals surface area contributed by atoms with Gasteiger partial charge in [-0.25, -0.2) is 0 Å². The van der Waals surface area contributed by atoms with Gasteiger partial charge in [-0.2, -0.15) is 0 Å². The molecule has 2 aromatic rings. The van der Waals surface area contributed by atoms with Gasteiger partial charge in [-0.15, -0.1) is 0 Å². The number of ketones is 1. The highest BCUT2D eigenvalue weighted by Crippen LogP contribution is 2.52. The first kappa shape index (κ1) is 19.8. The Kier molecular flexibility index (Phi) is 4.41. The summed E-state index contributed by atoms with van der Waals surface area (Å²) in [6, 6.07) is 6.99. The molecule has 0 N–H and O–H groups in total. The molecule has 0 unspecified atom stereocenters. The van der Waals surface area contributed by atoms with Crippen LogP contribution in [0.25, 0.3) is 0 Å². The van der Waals surface area contributed by atoms with Gasteiger partial charge in [0.1, 0.15) is 30.0 Å². The molecule has 3 atom stereocenters. The second kappa shape index (κ2) is 6.92. The number of hydrogen-bond acceptors (Lipinski definition) is 7. The molecule has 0 aliphatic carbocycles. The number of benzene rings is 2. The molecule has 0 spiro atoms. The molecule has 0 amide bonds. The quantitative estimate of drug-likeness (QED) is 0.696. The number of methoxy groups -OCH3 is 3. The molecule has 5 rings (SSSR count). The Morgan fingerprint density at radius 2 is 1.84 bits per heavy atom. The van der Waals surface area contributed by atoms with Crippen molar-refractivity contribution in [1.82, 2.24) is 0 Å². The lowest BCUT2D eigenvalue weighted by Crippen LogP contribution is -2.58. The zero-order chi connectivity index (χ0) is 21.9. The van der Waals surface area contributed by atoms with Crippen LogP contribution in [0, 0.1) is 0 Å². The summed E-state index contributed by atoms with van der Waals surface area (Å²) in [6.45, 7) is 6.08. The molecule has 0 radical (unpaired) electrons. The molecular formula is C24H24O7. The number of ether oxygens (including phenoxy) is 6. The summed E-state index contributed by atoms with van der Waals surface area (Å²) in [6.07, 6.45) is -0.191. The van der Waals surface area contributed by atoms with Gasteiger partial charge in [-0.05, 0) is 30.7 Å². The van der Waals surface area contributed by atoms with Crippen molar-refractivity contribution in [3.63, 3.8) is 0 Å². The van der Waals surface area contributed by atoms with Crippen molar-refractivity contribution in [2.75, 3.05) is 27.9 Å². The Hall–Kier alpha value is -3.19. The summed E-state index contributed by atoms with van der Waals surface area (Å²) < 4.78 is 35.1. The van der Waals surface area contributed by atoms with Crippen molar-refractivity contribution in [3.05, 3.63) is 53.1 Å². The maximum Gasteiger partial charge on any atom is 0.207 e. The maximum absolute atomic E-state index is 13.9. The van der Waals surface area contributed by atoms with Crippen LogP contribution < -0.4 is 23.7 Å². The van der Waals surface area contributed by atoms with E-state index in [2.05, 4.69) is 6.58 Å². The molecular weight excluding hydrogens is 400 g/mol. The summed E-state index contributed by atoms with van der Waals surface area (Å²) >= 11 is 0. The van der Waals surface area contributed by atoms with E-state index in [-0.39, 0.29) is 18.5 Å². The second-order valence-corrected chi connectivity index (χ2v) is 7.97. The molecule has 3 heterocycles. The lowest BCUT2D eigenvalue weighted by atomic mass is 9.76. The van der Waals surface area contributed by atoms with Crippen molar-refractivity contribution < 1.29 is 33.2 Å². The molecule has 0 saturated carbocycles. The summed E-state index contributed by atoms with van der Waals surface area (Å²) in [7, 11) is 4.60. The van der Waals surface area contributed by atoms with Crippen molar-refractivity contribution in [1.29, 1.82) is 0 Å². The fraction of sp³-hybridized carbons (Fsp3) is 0.375. The number of Topliss-reactive ketones (excluding diaryl/α,β-unsaturated/α-hetero) is 1. The monoisotopic (exact) mass is 424 g/mol. The smallest absolute Gasteiger partial charge is 0.207 e. The summed E-state index contributed by atoms with van der Waals surface area (Å²) in [5, 5.41) is 0. The van der Waals surface area contributed by atoms with E-state index in [1.807, 2.05) is 13.0 Å². The van der Waals surface area contributed by atoms with E-state index >= 15 is 0 Å². The van der Waals surface area contributed by atoms with Crippen LogP contribution in [-0.2, 0) is 16.8 Å². The van der Waals surface area contributed by atoms with E-state index < -0.39 is 11.7 Å². The van der Waals surface area contributed by atoms with E-state index in [1.54, 1.807) is 32.4 Å². The average Bonchev–Trinajstić information content (AvgIpc) is 3.23. The molecule has 31 heavy (non-hydrogen) atoms. The molecule has 2 aromatic carbocycles.